The van der Waals surface area contributed by atoms with Crippen LogP contribution >= 0.6 is 15.9 Å². The maximum absolute atomic E-state index is 14.5. The van der Waals surface area contributed by atoms with Crippen molar-refractivity contribution in [1.82, 2.24) is 9.97 Å². The molecule has 2 aromatic rings. The second-order valence-corrected chi connectivity index (χ2v) is 10.1. The minimum absolute atomic E-state index is 0.0403. The van der Waals surface area contributed by atoms with Gasteiger partial charge in [0.05, 0.1) is 27.2 Å². The summed E-state index contributed by atoms with van der Waals surface area (Å²) in [6.07, 6.45) is 2.14. The number of rotatable bonds is 3. The lowest BCUT2D eigenvalue weighted by Gasteiger charge is -2.30. The topological polar surface area (TPSA) is 100 Å². The number of aromatic nitrogens is 2. The van der Waals surface area contributed by atoms with Gasteiger partial charge in [0.2, 0.25) is 0 Å². The van der Waals surface area contributed by atoms with Crippen LogP contribution in [0.4, 0.5) is 14.6 Å². The third-order valence-electron chi connectivity index (χ3n) is 5.08. The molecular weight excluding hydrogens is 484 g/mol. The number of fused-ring (bicyclic) bond motifs is 1. The number of benzene rings is 1. The van der Waals surface area contributed by atoms with Gasteiger partial charge in [-0.2, -0.15) is 0 Å². The first-order valence-corrected chi connectivity index (χ1v) is 11.7. The van der Waals surface area contributed by atoms with Crippen LogP contribution in [0, 0.1) is 11.6 Å². The van der Waals surface area contributed by atoms with Gasteiger partial charge in [0.15, 0.2) is 15.7 Å². The van der Waals surface area contributed by atoms with Gasteiger partial charge in [-0.05, 0) is 40.9 Å². The number of hydrogen-bond donors (Lipinski definition) is 1. The molecule has 0 bridgehead atoms. The lowest BCUT2D eigenvalue weighted by Crippen LogP contribution is -2.32. The molecule has 1 aromatic heterocycles. The summed E-state index contributed by atoms with van der Waals surface area (Å²) in [6, 6.07) is 1.94. The van der Waals surface area contributed by atoms with E-state index in [-0.39, 0.29) is 33.1 Å². The number of carboxylic acid groups (broad SMARTS) is 1. The minimum atomic E-state index is -3.41. The van der Waals surface area contributed by atoms with Crippen molar-refractivity contribution < 1.29 is 27.1 Å². The average Bonchev–Trinajstić information content (AvgIpc) is 2.98. The first-order valence-electron chi connectivity index (χ1n) is 9.05. The SMILES string of the molecule is O=C(O)C=C1CCN(c2nc(-c3cc(F)c(Br)cc3F)nc3c2CS(=O)(=O)C3)CC1. The van der Waals surface area contributed by atoms with Gasteiger partial charge >= 0.3 is 5.97 Å². The second kappa shape index (κ2) is 7.69. The highest BCUT2D eigenvalue weighted by atomic mass is 79.9. The van der Waals surface area contributed by atoms with E-state index in [4.69, 9.17) is 5.11 Å². The maximum atomic E-state index is 14.5. The number of aliphatic carboxylic acids is 1. The van der Waals surface area contributed by atoms with Crippen molar-refractivity contribution in [2.24, 2.45) is 0 Å². The van der Waals surface area contributed by atoms with Gasteiger partial charge < -0.3 is 10.0 Å². The Morgan fingerprint density at radius 1 is 1.13 bits per heavy atom. The molecule has 1 aromatic carbocycles. The van der Waals surface area contributed by atoms with Crippen molar-refractivity contribution in [3.63, 3.8) is 0 Å². The highest BCUT2D eigenvalue weighted by Gasteiger charge is 2.33. The van der Waals surface area contributed by atoms with Crippen molar-refractivity contribution in [3.05, 3.63) is 51.1 Å². The Morgan fingerprint density at radius 3 is 2.50 bits per heavy atom. The molecule has 0 spiro atoms. The van der Waals surface area contributed by atoms with Crippen LogP contribution in [0.5, 0.6) is 0 Å². The van der Waals surface area contributed by atoms with Crippen molar-refractivity contribution in [3.8, 4) is 11.4 Å². The zero-order chi connectivity index (χ0) is 21.6. The number of nitrogens with zero attached hydrogens (tertiary/aromatic N) is 3. The number of sulfone groups is 1. The Morgan fingerprint density at radius 2 is 1.83 bits per heavy atom. The zero-order valence-corrected chi connectivity index (χ0v) is 17.9. The summed E-state index contributed by atoms with van der Waals surface area (Å²) in [4.78, 5) is 21.4. The molecule has 4 rings (SSSR count). The molecule has 2 aliphatic rings. The minimum Gasteiger partial charge on any atom is -0.478 e. The summed E-state index contributed by atoms with van der Waals surface area (Å²) >= 11 is 2.93. The van der Waals surface area contributed by atoms with E-state index in [0.29, 0.717) is 37.3 Å². The fourth-order valence-electron chi connectivity index (χ4n) is 3.66. The maximum Gasteiger partial charge on any atom is 0.328 e. The highest BCUT2D eigenvalue weighted by molar-refractivity contribution is 9.10. The Hall–Kier alpha value is -2.40. The molecule has 0 amide bonds. The first kappa shape index (κ1) is 20.9. The predicted molar refractivity (Wildman–Crippen MR) is 109 cm³/mol. The van der Waals surface area contributed by atoms with Gasteiger partial charge in [0.25, 0.3) is 0 Å². The number of hydrogen-bond acceptors (Lipinski definition) is 6. The average molecular weight is 500 g/mol. The molecule has 1 N–H and O–H groups in total. The predicted octanol–water partition coefficient (Wildman–Crippen LogP) is 3.22. The fraction of sp³-hybridized carbons (Fsp3) is 0.316. The van der Waals surface area contributed by atoms with Crippen LogP contribution in [0.1, 0.15) is 24.1 Å². The van der Waals surface area contributed by atoms with Crippen LogP contribution in [-0.4, -0.2) is 42.6 Å². The van der Waals surface area contributed by atoms with E-state index in [2.05, 4.69) is 25.9 Å². The van der Waals surface area contributed by atoms with Crippen molar-refractivity contribution in [2.45, 2.75) is 24.3 Å². The summed E-state index contributed by atoms with van der Waals surface area (Å²) in [5.41, 5.74) is 1.36. The summed E-state index contributed by atoms with van der Waals surface area (Å²) in [7, 11) is -3.41. The largest absolute Gasteiger partial charge is 0.478 e. The Balaban J connectivity index is 1.78. The van der Waals surface area contributed by atoms with Crippen molar-refractivity contribution in [1.29, 1.82) is 0 Å². The monoisotopic (exact) mass is 499 g/mol. The normalized spacial score (nSPS) is 17.7. The Labute approximate surface area is 179 Å². The van der Waals surface area contributed by atoms with Crippen molar-refractivity contribution in [2.75, 3.05) is 18.0 Å². The summed E-state index contributed by atoms with van der Waals surface area (Å²) in [5, 5.41) is 8.92. The molecular formula is C19H16BrF2N3O4S. The van der Waals surface area contributed by atoms with Crippen LogP contribution in [0.25, 0.3) is 11.4 Å². The van der Waals surface area contributed by atoms with Crippen molar-refractivity contribution >= 4 is 37.6 Å². The standard InChI is InChI=1S/C19H16BrF2N3O4S/c20-13-7-14(21)11(6-15(13)22)18-23-16-9-30(28,29)8-12(16)19(24-18)25-3-1-10(2-4-25)5-17(26)27/h5-7H,1-4,8-9H2,(H,26,27). The van der Waals surface area contributed by atoms with Gasteiger partial charge in [-0.1, -0.05) is 5.57 Å². The van der Waals surface area contributed by atoms with Crippen LogP contribution < -0.4 is 4.90 Å². The molecule has 0 aliphatic carbocycles. The third-order valence-corrected chi connectivity index (χ3v) is 7.12. The molecule has 30 heavy (non-hydrogen) atoms. The van der Waals surface area contributed by atoms with Crippen LogP contribution in [0.2, 0.25) is 0 Å². The van der Waals surface area contributed by atoms with E-state index >= 15 is 0 Å². The van der Waals surface area contributed by atoms with E-state index in [1.807, 2.05) is 4.90 Å². The lowest BCUT2D eigenvalue weighted by atomic mass is 10.0. The molecule has 0 saturated carbocycles. The van der Waals surface area contributed by atoms with Gasteiger partial charge in [0, 0.05) is 24.7 Å². The quantitative estimate of drug-likeness (QED) is 0.510. The summed E-state index contributed by atoms with van der Waals surface area (Å²) in [6.45, 7) is 0.860. The van der Waals surface area contributed by atoms with Gasteiger partial charge in [-0.15, -0.1) is 0 Å². The van der Waals surface area contributed by atoms with E-state index in [9.17, 15) is 22.0 Å². The van der Waals surface area contributed by atoms with Gasteiger partial charge in [-0.25, -0.2) is 32.0 Å². The number of halogens is 3. The van der Waals surface area contributed by atoms with Crippen LogP contribution in [0.15, 0.2) is 28.3 Å². The Kier molecular flexibility index (Phi) is 5.35. The van der Waals surface area contributed by atoms with Gasteiger partial charge in [0.1, 0.15) is 17.5 Å². The number of carbonyl (C=O) groups is 1. The molecule has 1 saturated heterocycles. The molecule has 158 valence electrons. The number of anilines is 1. The molecule has 0 atom stereocenters. The number of carboxylic acids is 1. The summed E-state index contributed by atoms with van der Waals surface area (Å²) < 4.78 is 52.9. The molecule has 0 unspecified atom stereocenters. The second-order valence-electron chi connectivity index (χ2n) is 7.20. The van der Waals surface area contributed by atoms with Gasteiger partial charge in [-0.3, -0.25) is 0 Å². The van der Waals surface area contributed by atoms with Crippen LogP contribution in [-0.2, 0) is 26.1 Å². The van der Waals surface area contributed by atoms with Crippen LogP contribution in [0.3, 0.4) is 0 Å². The molecule has 11 heteroatoms. The van der Waals surface area contributed by atoms with E-state index < -0.39 is 27.4 Å². The highest BCUT2D eigenvalue weighted by Crippen LogP contribution is 2.36. The number of piperidine rings is 1. The third kappa shape index (κ3) is 4.08. The molecule has 0 radical (unpaired) electrons. The fourth-order valence-corrected chi connectivity index (χ4v) is 5.47. The molecule has 1 fully saturated rings. The zero-order valence-electron chi connectivity index (χ0n) is 15.5. The van der Waals surface area contributed by atoms with E-state index in [1.165, 1.54) is 6.08 Å². The van der Waals surface area contributed by atoms with E-state index in [1.54, 1.807) is 0 Å². The smallest absolute Gasteiger partial charge is 0.328 e. The first-order chi connectivity index (χ1) is 14.1. The Bertz CT molecular complexity index is 1190. The molecule has 2 aliphatic heterocycles. The summed E-state index contributed by atoms with van der Waals surface area (Å²) in [5.74, 6) is -2.66. The lowest BCUT2D eigenvalue weighted by molar-refractivity contribution is -0.131. The van der Waals surface area contributed by atoms with E-state index in [0.717, 1.165) is 17.7 Å². The molecule has 3 heterocycles. The molecule has 7 nitrogen and oxygen atoms in total.